The summed E-state index contributed by atoms with van der Waals surface area (Å²) in [7, 11) is -2.81. The van der Waals surface area contributed by atoms with Gasteiger partial charge in [-0.05, 0) is 55.9 Å². The molecule has 1 spiro atoms. The number of nitrogens with two attached hydrogens (primary N) is 1. The van der Waals surface area contributed by atoms with E-state index in [0.29, 0.717) is 24.0 Å². The molecule has 56 heavy (non-hydrogen) atoms. The van der Waals surface area contributed by atoms with Crippen LogP contribution >= 0.6 is 0 Å². The van der Waals surface area contributed by atoms with Crippen molar-refractivity contribution in [1.29, 1.82) is 0 Å². The van der Waals surface area contributed by atoms with Crippen LogP contribution in [0.2, 0.25) is 0 Å². The first kappa shape index (κ1) is 43.3. The Morgan fingerprint density at radius 2 is 1.82 bits per heavy atom. The van der Waals surface area contributed by atoms with E-state index in [1.165, 1.54) is 7.11 Å². The van der Waals surface area contributed by atoms with Gasteiger partial charge in [0.2, 0.25) is 0 Å². The highest BCUT2D eigenvalue weighted by Gasteiger charge is 2.60. The first-order chi connectivity index (χ1) is 26.4. The van der Waals surface area contributed by atoms with Gasteiger partial charge in [0.1, 0.15) is 35.9 Å². The number of aliphatic hydroxyl groups excluding tert-OH is 1. The average molecular weight is 808 g/mol. The van der Waals surface area contributed by atoms with Crippen LogP contribution in [0.15, 0.2) is 59.3 Å². The Morgan fingerprint density at radius 1 is 1.07 bits per heavy atom. The zero-order valence-electron chi connectivity index (χ0n) is 33.7. The average Bonchev–Trinajstić information content (AvgIpc) is 3.48. The Morgan fingerprint density at radius 3 is 2.52 bits per heavy atom. The number of hydrogen-bond donors (Lipinski definition) is 3. The molecule has 0 amide bonds. The smallest absolute Gasteiger partial charge is 0.333 e. The summed E-state index contributed by atoms with van der Waals surface area (Å²) in [5.74, 6) is -2.72. The largest absolute Gasteiger partial charge is 0.462 e. The van der Waals surface area contributed by atoms with Gasteiger partial charge in [-0.25, -0.2) is 9.32 Å². The fourth-order valence-corrected chi connectivity index (χ4v) is 9.74. The molecule has 16 atom stereocenters. The molecule has 6 aliphatic rings. The zero-order valence-corrected chi connectivity index (χ0v) is 34.6. The molecule has 1 unspecified atom stereocenters. The number of hydrogen-bond acceptors (Lipinski definition) is 13. The van der Waals surface area contributed by atoms with Crippen LogP contribution in [0, 0.1) is 23.7 Å². The molecule has 15 heteroatoms. The molecular weight excluding hydrogens is 747 g/mol. The quantitative estimate of drug-likeness (QED) is 0.247. The minimum atomic E-state index is -4.27. The Kier molecular flexibility index (Phi) is 13.2. The van der Waals surface area contributed by atoms with Crippen LogP contribution in [0.4, 0.5) is 0 Å². The second-order valence-corrected chi connectivity index (χ2v) is 17.8. The molecule has 14 nitrogen and oxygen atoms in total. The molecule has 0 aromatic heterocycles. The van der Waals surface area contributed by atoms with Crippen molar-refractivity contribution in [3.63, 3.8) is 0 Å². The molecule has 0 aromatic rings. The highest BCUT2D eigenvalue weighted by Crippen LogP contribution is 2.47. The summed E-state index contributed by atoms with van der Waals surface area (Å²) < 4.78 is 73.2. The van der Waals surface area contributed by atoms with Crippen LogP contribution in [0.25, 0.3) is 0 Å². The molecule has 6 rings (SSSR count). The van der Waals surface area contributed by atoms with E-state index >= 15 is 0 Å². The number of rotatable bonds is 7. The standard InChI is InChI=1S/C41H61NO13S/c1-9-22(2)36-25(5)15-16-40(54-36)20-30-18-29(53-40)14-13-24(4)35(52-33-19-32(48-8)37(27(7)50-33)55-56(42,46)47)23(3)11-10-12-28-21-49-38-34(43)26(6)17-31(39(44)51-30)41(28,38)45/h10-13,15-17,22-23,25,27,29-38,43,45H,9,14,18-21H2,1-8H3,(H2,42,46,47)/t22?,23-,25-,27-,29+,30-,31-,32-,33-,34+,35-,36+,37+,38+,40+,41+/m0/s1. The normalized spacial score (nSPS) is 44.0. The summed E-state index contributed by atoms with van der Waals surface area (Å²) >= 11 is 0. The predicted molar refractivity (Wildman–Crippen MR) is 205 cm³/mol. The fourth-order valence-electron chi connectivity index (χ4n) is 9.15. The van der Waals surface area contributed by atoms with E-state index in [-0.39, 0.29) is 43.3 Å². The van der Waals surface area contributed by atoms with Gasteiger partial charge in [0, 0.05) is 38.2 Å². The van der Waals surface area contributed by atoms with Crippen molar-refractivity contribution in [2.75, 3.05) is 13.7 Å². The van der Waals surface area contributed by atoms with Crippen LogP contribution in [-0.4, -0.2) is 111 Å². The third kappa shape index (κ3) is 8.98. The highest BCUT2D eigenvalue weighted by molar-refractivity contribution is 7.84. The lowest BCUT2D eigenvalue weighted by molar-refractivity contribution is -0.300. The topological polar surface area (TPSA) is 192 Å². The third-order valence-electron chi connectivity index (χ3n) is 12.5. The predicted octanol–water partition coefficient (Wildman–Crippen LogP) is 4.07. The van der Waals surface area contributed by atoms with Crippen LogP contribution < -0.4 is 5.14 Å². The Balaban J connectivity index is 1.37. The Labute approximate surface area is 331 Å². The van der Waals surface area contributed by atoms with Gasteiger partial charge in [0.25, 0.3) is 0 Å². The van der Waals surface area contributed by atoms with Crippen molar-refractivity contribution in [3.05, 3.63) is 59.3 Å². The number of allylic oxidation sites excluding steroid dienone is 2. The van der Waals surface area contributed by atoms with E-state index in [2.05, 4.69) is 32.9 Å². The fraction of sp³-hybridized carbons (Fsp3) is 0.732. The molecule has 2 bridgehead atoms. The Hall–Kier alpha value is -2.28. The molecule has 5 heterocycles. The van der Waals surface area contributed by atoms with Gasteiger partial charge >= 0.3 is 16.3 Å². The van der Waals surface area contributed by atoms with E-state index in [0.717, 1.165) is 12.0 Å². The maximum Gasteiger partial charge on any atom is 0.333 e. The molecule has 0 aromatic carbocycles. The molecule has 4 N–H and O–H groups in total. The number of fused-ring (bicyclic) bond motifs is 2. The molecular formula is C41H61NO13S. The molecule has 1 aliphatic carbocycles. The lowest BCUT2D eigenvalue weighted by Gasteiger charge is -2.48. The Bertz CT molecular complexity index is 1710. The third-order valence-corrected chi connectivity index (χ3v) is 13.0. The van der Waals surface area contributed by atoms with Crippen LogP contribution in [0.1, 0.15) is 80.6 Å². The summed E-state index contributed by atoms with van der Waals surface area (Å²) in [5, 5.41) is 28.7. The molecule has 3 saturated heterocycles. The lowest BCUT2D eigenvalue weighted by Crippen LogP contribution is -2.58. The lowest BCUT2D eigenvalue weighted by atomic mass is 9.71. The van der Waals surface area contributed by atoms with Crippen molar-refractivity contribution < 1.29 is 60.8 Å². The van der Waals surface area contributed by atoms with Crippen LogP contribution in [0.3, 0.4) is 0 Å². The molecule has 0 saturated carbocycles. The second kappa shape index (κ2) is 17.1. The molecule has 0 radical (unpaired) electrons. The van der Waals surface area contributed by atoms with Gasteiger partial charge < -0.3 is 43.4 Å². The summed E-state index contributed by atoms with van der Waals surface area (Å²) in [6, 6.07) is 0. The number of esters is 1. The molecule has 3 fully saturated rings. The van der Waals surface area contributed by atoms with Crippen molar-refractivity contribution >= 4 is 16.3 Å². The molecule has 5 aliphatic heterocycles. The number of ether oxygens (including phenoxy) is 7. The summed E-state index contributed by atoms with van der Waals surface area (Å²) in [6.07, 6.45) is 8.36. The summed E-state index contributed by atoms with van der Waals surface area (Å²) in [6.45, 7) is 13.8. The number of carbonyl (C=O) groups is 1. The zero-order chi connectivity index (χ0) is 40.7. The van der Waals surface area contributed by atoms with E-state index in [9.17, 15) is 23.4 Å². The van der Waals surface area contributed by atoms with Gasteiger partial charge in [0.15, 0.2) is 12.1 Å². The van der Waals surface area contributed by atoms with Crippen LogP contribution in [0.5, 0.6) is 0 Å². The van der Waals surface area contributed by atoms with E-state index in [1.54, 1.807) is 32.1 Å². The maximum atomic E-state index is 14.3. The maximum absolute atomic E-state index is 14.3. The summed E-state index contributed by atoms with van der Waals surface area (Å²) in [5.41, 5.74) is -0.0167. The van der Waals surface area contributed by atoms with Gasteiger partial charge in [-0.2, -0.15) is 8.42 Å². The van der Waals surface area contributed by atoms with Crippen molar-refractivity contribution in [1.82, 2.24) is 0 Å². The van der Waals surface area contributed by atoms with E-state index in [4.69, 9.17) is 42.5 Å². The van der Waals surface area contributed by atoms with Crippen LogP contribution in [-0.2, 0) is 52.4 Å². The van der Waals surface area contributed by atoms with Gasteiger partial charge in [-0.15, -0.1) is 0 Å². The minimum Gasteiger partial charge on any atom is -0.462 e. The number of methoxy groups -OCH3 is 1. The van der Waals surface area contributed by atoms with Gasteiger partial charge in [-0.1, -0.05) is 70.6 Å². The van der Waals surface area contributed by atoms with Crippen molar-refractivity contribution in [2.45, 2.75) is 153 Å². The minimum absolute atomic E-state index is 0.00491. The molecule has 314 valence electrons. The van der Waals surface area contributed by atoms with E-state index in [1.807, 2.05) is 26.0 Å². The highest BCUT2D eigenvalue weighted by atomic mass is 32.2. The van der Waals surface area contributed by atoms with Crippen molar-refractivity contribution in [2.24, 2.45) is 28.8 Å². The second-order valence-electron chi connectivity index (χ2n) is 16.6. The monoisotopic (exact) mass is 807 g/mol. The van der Waals surface area contributed by atoms with Gasteiger partial charge in [-0.3, -0.25) is 4.79 Å². The number of carbonyl (C=O) groups excluding carboxylic acids is 1. The van der Waals surface area contributed by atoms with Crippen molar-refractivity contribution in [3.8, 4) is 0 Å². The van der Waals surface area contributed by atoms with Gasteiger partial charge in [0.05, 0.1) is 37.1 Å². The summed E-state index contributed by atoms with van der Waals surface area (Å²) in [4.78, 5) is 14.3. The first-order valence-corrected chi connectivity index (χ1v) is 21.4. The number of aliphatic hydroxyl groups is 2. The van der Waals surface area contributed by atoms with E-state index < -0.39 is 88.7 Å². The SMILES string of the molecule is CCC(C)[C@H]1O[C@]2(C=C[C@@H]1C)C[C@@H]1C[C@@H](CC=C(C)[C@@H](O[C@H]3C[C@H](OC)[C@H](OS(N)(=O)=O)[C@H](C)O3)[C@@H](C)C=CC=C3CO[C@@H]4[C@H](O)C(C)=C[C@@H](C(=O)O1)[C@]34O)O2. The first-order valence-electron chi connectivity index (χ1n) is 19.9.